The van der Waals surface area contributed by atoms with Crippen LogP contribution in [-0.2, 0) is 4.79 Å². The lowest BCUT2D eigenvalue weighted by Crippen LogP contribution is -2.14. The average molecular weight is 324 g/mol. The van der Waals surface area contributed by atoms with Crippen molar-refractivity contribution in [1.82, 2.24) is 0 Å². The molecule has 19 heavy (non-hydrogen) atoms. The minimum absolute atomic E-state index is 0.0614. The van der Waals surface area contributed by atoms with Gasteiger partial charge in [-0.05, 0) is 40.9 Å². The van der Waals surface area contributed by atoms with Crippen LogP contribution in [0.4, 0.5) is 5.69 Å². The molecule has 1 aromatic rings. The maximum atomic E-state index is 11.7. The first kappa shape index (κ1) is 15.3. The second kappa shape index (κ2) is 7.59. The topological polar surface area (TPSA) is 66.4 Å². The quantitative estimate of drug-likeness (QED) is 0.623. The van der Waals surface area contributed by atoms with E-state index in [4.69, 9.17) is 11.5 Å². The lowest BCUT2D eigenvalue weighted by molar-refractivity contribution is -0.116. The number of para-hydroxylation sites is 1. The van der Waals surface area contributed by atoms with E-state index in [1.54, 1.807) is 12.1 Å². The van der Waals surface area contributed by atoms with Crippen molar-refractivity contribution in [2.24, 2.45) is 0 Å². The highest BCUT2D eigenvalue weighted by molar-refractivity contribution is 9.10. The highest BCUT2D eigenvalue weighted by Gasteiger charge is 2.14. The maximum absolute atomic E-state index is 11.7. The number of carbonyl (C=O) groups is 2. The molecule has 4 nitrogen and oxygen atoms in total. The predicted octanol–water partition coefficient (Wildman–Crippen LogP) is 3.28. The summed E-state index contributed by atoms with van der Waals surface area (Å²) in [6, 6.07) is 4.73. The van der Waals surface area contributed by atoms with Crippen LogP contribution in [0.15, 0.2) is 22.7 Å². The third kappa shape index (κ3) is 4.76. The molecule has 0 aliphatic carbocycles. The molecule has 0 aromatic heterocycles. The summed E-state index contributed by atoms with van der Waals surface area (Å²) in [5.74, 6) is 1.21. The molecule has 0 bridgehead atoms. The number of benzene rings is 1. The molecule has 0 saturated heterocycles. The zero-order chi connectivity index (χ0) is 14.3. The summed E-state index contributed by atoms with van der Waals surface area (Å²) in [6.45, 7) is 0. The highest BCUT2D eigenvalue weighted by Crippen LogP contribution is 2.26. The summed E-state index contributed by atoms with van der Waals surface area (Å²) in [5, 5.41) is 11.7. The fourth-order valence-corrected chi connectivity index (χ4v) is 2.01. The van der Waals surface area contributed by atoms with E-state index in [1.807, 2.05) is 0 Å². The molecule has 1 amide bonds. The minimum atomic E-state index is -1.08. The van der Waals surface area contributed by atoms with Gasteiger partial charge in [-0.2, -0.15) is 0 Å². The van der Waals surface area contributed by atoms with Gasteiger partial charge in [0.25, 0.3) is 0 Å². The number of halogens is 1. The summed E-state index contributed by atoms with van der Waals surface area (Å²) < 4.78 is 0.546. The monoisotopic (exact) mass is 323 g/mol. The number of amides is 1. The predicted molar refractivity (Wildman–Crippen MR) is 77.0 cm³/mol. The molecule has 0 unspecified atom stereocenters. The van der Waals surface area contributed by atoms with Gasteiger partial charge >= 0.3 is 5.97 Å². The molecule has 0 aliphatic heterocycles. The van der Waals surface area contributed by atoms with Crippen molar-refractivity contribution < 1.29 is 14.7 Å². The second-order valence-electron chi connectivity index (χ2n) is 3.93. The Morgan fingerprint density at radius 1 is 1.37 bits per heavy atom. The van der Waals surface area contributed by atoms with Gasteiger partial charge in [0.05, 0.1) is 11.3 Å². The minimum Gasteiger partial charge on any atom is -0.478 e. The number of rotatable bonds is 6. The molecule has 0 atom stereocenters. The van der Waals surface area contributed by atoms with Crippen molar-refractivity contribution in [3.63, 3.8) is 0 Å². The summed E-state index contributed by atoms with van der Waals surface area (Å²) >= 11 is 3.23. The fraction of sp³-hybridized carbons (Fsp3) is 0.286. The van der Waals surface area contributed by atoms with Gasteiger partial charge in [-0.3, -0.25) is 4.79 Å². The van der Waals surface area contributed by atoms with Crippen LogP contribution >= 0.6 is 15.9 Å². The van der Waals surface area contributed by atoms with Crippen molar-refractivity contribution in [3.8, 4) is 12.3 Å². The molecule has 0 radical (unpaired) electrons. The number of hydrogen-bond donors (Lipinski definition) is 2. The summed E-state index contributed by atoms with van der Waals surface area (Å²) in [6.07, 6.45) is 7.55. The van der Waals surface area contributed by atoms with Gasteiger partial charge in [-0.1, -0.05) is 6.07 Å². The lowest BCUT2D eigenvalue weighted by Gasteiger charge is -2.10. The van der Waals surface area contributed by atoms with E-state index >= 15 is 0 Å². The van der Waals surface area contributed by atoms with Crippen LogP contribution < -0.4 is 5.32 Å². The molecule has 5 heteroatoms. The Bertz CT molecular complexity index is 520. The highest BCUT2D eigenvalue weighted by atomic mass is 79.9. The standard InChI is InChI=1S/C14H14BrNO3/c1-2-3-4-5-9-12(17)16-13-10(14(18)19)7-6-8-11(13)15/h1,6-8H,3-5,9H2,(H,16,17)(H,18,19). The summed E-state index contributed by atoms with van der Waals surface area (Å²) in [5.41, 5.74) is 0.350. The van der Waals surface area contributed by atoms with Crippen molar-refractivity contribution in [1.29, 1.82) is 0 Å². The zero-order valence-electron chi connectivity index (χ0n) is 10.3. The summed E-state index contributed by atoms with van der Waals surface area (Å²) in [7, 11) is 0. The van der Waals surface area contributed by atoms with Gasteiger partial charge in [-0.15, -0.1) is 12.3 Å². The molecular weight excluding hydrogens is 310 g/mol. The van der Waals surface area contributed by atoms with Gasteiger partial charge in [0.15, 0.2) is 0 Å². The van der Waals surface area contributed by atoms with Crippen molar-refractivity contribution >= 4 is 33.5 Å². The number of aromatic carboxylic acids is 1. The molecule has 0 fully saturated rings. The number of carboxylic acid groups (broad SMARTS) is 1. The van der Waals surface area contributed by atoms with Crippen LogP contribution in [-0.4, -0.2) is 17.0 Å². The number of terminal acetylenes is 1. The third-order valence-electron chi connectivity index (χ3n) is 2.48. The van der Waals surface area contributed by atoms with E-state index in [0.29, 0.717) is 23.7 Å². The van der Waals surface area contributed by atoms with E-state index in [9.17, 15) is 9.59 Å². The fourth-order valence-electron chi connectivity index (χ4n) is 1.54. The zero-order valence-corrected chi connectivity index (χ0v) is 11.9. The molecule has 1 aromatic carbocycles. The van der Waals surface area contributed by atoms with Gasteiger partial charge < -0.3 is 10.4 Å². The molecular formula is C14H14BrNO3. The van der Waals surface area contributed by atoms with Gasteiger partial charge in [0.2, 0.25) is 5.91 Å². The smallest absolute Gasteiger partial charge is 0.337 e. The Hall–Kier alpha value is -1.80. The number of nitrogens with one attached hydrogen (secondary N) is 1. The summed E-state index contributed by atoms with van der Waals surface area (Å²) in [4.78, 5) is 22.8. The largest absolute Gasteiger partial charge is 0.478 e. The van der Waals surface area contributed by atoms with Gasteiger partial charge in [0.1, 0.15) is 0 Å². The number of carboxylic acids is 1. The van der Waals surface area contributed by atoms with Crippen LogP contribution in [0.1, 0.15) is 36.0 Å². The Balaban J connectivity index is 2.69. The van der Waals surface area contributed by atoms with E-state index in [1.165, 1.54) is 6.07 Å². The lowest BCUT2D eigenvalue weighted by atomic mass is 10.1. The maximum Gasteiger partial charge on any atom is 0.337 e. The van der Waals surface area contributed by atoms with Crippen LogP contribution in [0.2, 0.25) is 0 Å². The third-order valence-corrected chi connectivity index (χ3v) is 3.14. The number of unbranched alkanes of at least 4 members (excludes halogenated alkanes) is 2. The molecule has 2 N–H and O–H groups in total. The second-order valence-corrected chi connectivity index (χ2v) is 4.78. The Labute approximate surface area is 120 Å². The van der Waals surface area contributed by atoms with Gasteiger partial charge in [0, 0.05) is 17.3 Å². The van der Waals surface area contributed by atoms with Crippen molar-refractivity contribution in [2.75, 3.05) is 5.32 Å². The average Bonchev–Trinajstić information content (AvgIpc) is 2.37. The van der Waals surface area contributed by atoms with E-state index in [-0.39, 0.29) is 17.2 Å². The Kier molecular flexibility index (Phi) is 6.10. The molecule has 0 saturated carbocycles. The Morgan fingerprint density at radius 2 is 2.11 bits per heavy atom. The van der Waals surface area contributed by atoms with Crippen LogP contribution in [0.25, 0.3) is 0 Å². The van der Waals surface area contributed by atoms with E-state index < -0.39 is 5.97 Å². The molecule has 0 aliphatic rings. The van der Waals surface area contributed by atoms with Crippen LogP contribution in [0.5, 0.6) is 0 Å². The first-order valence-electron chi connectivity index (χ1n) is 5.81. The molecule has 1 rings (SSSR count). The first-order chi connectivity index (χ1) is 9.06. The van der Waals surface area contributed by atoms with Crippen LogP contribution in [0, 0.1) is 12.3 Å². The normalized spacial score (nSPS) is 9.68. The van der Waals surface area contributed by atoms with Crippen LogP contribution in [0.3, 0.4) is 0 Å². The van der Waals surface area contributed by atoms with Crippen molar-refractivity contribution in [3.05, 3.63) is 28.2 Å². The van der Waals surface area contributed by atoms with E-state index in [2.05, 4.69) is 27.2 Å². The first-order valence-corrected chi connectivity index (χ1v) is 6.60. The van der Waals surface area contributed by atoms with Crippen molar-refractivity contribution in [2.45, 2.75) is 25.7 Å². The van der Waals surface area contributed by atoms with Gasteiger partial charge in [-0.25, -0.2) is 4.79 Å². The molecule has 0 spiro atoms. The molecule has 100 valence electrons. The Morgan fingerprint density at radius 3 is 2.74 bits per heavy atom. The molecule has 0 heterocycles. The number of carbonyl (C=O) groups excluding carboxylic acids is 1. The number of anilines is 1. The number of hydrogen-bond acceptors (Lipinski definition) is 2. The SMILES string of the molecule is C#CCCCCC(=O)Nc1c(Br)cccc1C(=O)O. The van der Waals surface area contributed by atoms with E-state index in [0.717, 1.165) is 6.42 Å².